The molecule has 0 aliphatic carbocycles. The SMILES string of the molecule is N#Cc1cnn(-c2ccc(C=CC(N)=O)cc2)c1N. The van der Waals surface area contributed by atoms with Gasteiger partial charge < -0.3 is 11.5 Å². The fourth-order valence-electron chi connectivity index (χ4n) is 1.55. The van der Waals surface area contributed by atoms with E-state index in [1.807, 2.05) is 6.07 Å². The average molecular weight is 253 g/mol. The highest BCUT2D eigenvalue weighted by atomic mass is 16.1. The lowest BCUT2D eigenvalue weighted by Gasteiger charge is -2.04. The summed E-state index contributed by atoms with van der Waals surface area (Å²) in [4.78, 5) is 10.6. The van der Waals surface area contributed by atoms with Crippen molar-refractivity contribution in [3.05, 3.63) is 47.7 Å². The molecular formula is C13H11N5O. The van der Waals surface area contributed by atoms with Crippen LogP contribution in [0.4, 0.5) is 5.82 Å². The second-order valence-electron chi connectivity index (χ2n) is 3.79. The Balaban J connectivity index is 2.30. The van der Waals surface area contributed by atoms with Gasteiger partial charge in [0.05, 0.1) is 11.9 Å². The molecule has 2 rings (SSSR count). The summed E-state index contributed by atoms with van der Waals surface area (Å²) in [5.41, 5.74) is 12.7. The summed E-state index contributed by atoms with van der Waals surface area (Å²) in [6, 6.07) is 9.11. The zero-order valence-electron chi connectivity index (χ0n) is 9.95. The molecule has 1 aromatic heterocycles. The third-order valence-corrected chi connectivity index (χ3v) is 2.50. The largest absolute Gasteiger partial charge is 0.382 e. The lowest BCUT2D eigenvalue weighted by Crippen LogP contribution is -2.05. The number of nitrogen functional groups attached to an aromatic ring is 1. The maximum absolute atomic E-state index is 10.6. The molecule has 0 aliphatic rings. The van der Waals surface area contributed by atoms with E-state index >= 15 is 0 Å². The summed E-state index contributed by atoms with van der Waals surface area (Å²) >= 11 is 0. The molecule has 19 heavy (non-hydrogen) atoms. The summed E-state index contributed by atoms with van der Waals surface area (Å²) in [5.74, 6) is -0.206. The minimum atomic E-state index is -0.501. The molecular weight excluding hydrogens is 242 g/mol. The summed E-state index contributed by atoms with van der Waals surface area (Å²) in [6.07, 6.45) is 4.31. The third-order valence-electron chi connectivity index (χ3n) is 2.50. The van der Waals surface area contributed by atoms with Gasteiger partial charge in [0.2, 0.25) is 5.91 Å². The molecule has 4 N–H and O–H groups in total. The van der Waals surface area contributed by atoms with Crippen molar-refractivity contribution < 1.29 is 4.79 Å². The minimum Gasteiger partial charge on any atom is -0.382 e. The normalized spacial score (nSPS) is 10.5. The molecule has 6 heteroatoms. The Morgan fingerprint density at radius 1 is 1.37 bits per heavy atom. The second-order valence-corrected chi connectivity index (χ2v) is 3.79. The molecule has 0 saturated carbocycles. The van der Waals surface area contributed by atoms with Gasteiger partial charge in [0.15, 0.2) is 0 Å². The van der Waals surface area contributed by atoms with E-state index in [4.69, 9.17) is 16.7 Å². The number of amides is 1. The molecule has 94 valence electrons. The smallest absolute Gasteiger partial charge is 0.241 e. The van der Waals surface area contributed by atoms with Gasteiger partial charge in [0.1, 0.15) is 17.5 Å². The average Bonchev–Trinajstić information content (AvgIpc) is 2.78. The molecule has 1 heterocycles. The van der Waals surface area contributed by atoms with E-state index < -0.39 is 5.91 Å². The van der Waals surface area contributed by atoms with Crippen LogP contribution in [-0.4, -0.2) is 15.7 Å². The van der Waals surface area contributed by atoms with Gasteiger partial charge in [-0.15, -0.1) is 0 Å². The first kappa shape index (κ1) is 12.4. The summed E-state index contributed by atoms with van der Waals surface area (Å²) in [7, 11) is 0. The van der Waals surface area contributed by atoms with Crippen molar-refractivity contribution >= 4 is 17.8 Å². The van der Waals surface area contributed by atoms with E-state index in [0.29, 0.717) is 11.4 Å². The number of rotatable bonds is 3. The van der Waals surface area contributed by atoms with Crippen LogP contribution in [0.5, 0.6) is 0 Å². The first-order chi connectivity index (χ1) is 9.11. The van der Waals surface area contributed by atoms with Crippen LogP contribution in [-0.2, 0) is 4.79 Å². The van der Waals surface area contributed by atoms with Crippen molar-refractivity contribution in [2.75, 3.05) is 5.73 Å². The van der Waals surface area contributed by atoms with Crippen molar-refractivity contribution in [2.24, 2.45) is 5.73 Å². The minimum absolute atomic E-state index is 0.294. The zero-order valence-corrected chi connectivity index (χ0v) is 9.95. The molecule has 0 fully saturated rings. The number of hydrogen-bond acceptors (Lipinski definition) is 4. The Hall–Kier alpha value is -3.07. The third kappa shape index (κ3) is 2.61. The topological polar surface area (TPSA) is 111 Å². The number of benzene rings is 1. The summed E-state index contributed by atoms with van der Waals surface area (Å²) < 4.78 is 1.47. The van der Waals surface area contributed by atoms with E-state index in [2.05, 4.69) is 5.10 Å². The van der Waals surface area contributed by atoms with Crippen LogP contribution in [0.1, 0.15) is 11.1 Å². The highest BCUT2D eigenvalue weighted by molar-refractivity contribution is 5.90. The van der Waals surface area contributed by atoms with Crippen molar-refractivity contribution in [1.29, 1.82) is 5.26 Å². The number of aromatic nitrogens is 2. The van der Waals surface area contributed by atoms with Crippen LogP contribution in [0.25, 0.3) is 11.8 Å². The molecule has 0 saturated heterocycles. The van der Waals surface area contributed by atoms with Crippen molar-refractivity contribution in [1.82, 2.24) is 9.78 Å². The lowest BCUT2D eigenvalue weighted by atomic mass is 10.2. The van der Waals surface area contributed by atoms with Crippen molar-refractivity contribution in [3.63, 3.8) is 0 Å². The number of nitrogens with zero attached hydrogens (tertiary/aromatic N) is 3. The predicted octanol–water partition coefficient (Wildman–Crippen LogP) is 0.825. The van der Waals surface area contributed by atoms with Gasteiger partial charge in [-0.05, 0) is 23.8 Å². The highest BCUT2D eigenvalue weighted by Gasteiger charge is 2.07. The number of anilines is 1. The number of nitriles is 1. The van der Waals surface area contributed by atoms with Crippen LogP contribution in [0.15, 0.2) is 36.5 Å². The number of primary amides is 1. The van der Waals surface area contributed by atoms with Gasteiger partial charge in [0, 0.05) is 6.08 Å². The standard InChI is InChI=1S/C13H11N5O/c14-7-10-8-17-18(13(10)16)11-4-1-9(2-5-11)3-6-12(15)19/h1-6,8H,16H2,(H2,15,19). The van der Waals surface area contributed by atoms with Crippen molar-refractivity contribution in [2.45, 2.75) is 0 Å². The van der Waals surface area contributed by atoms with Gasteiger partial charge >= 0.3 is 0 Å². The Morgan fingerprint density at radius 2 is 2.05 bits per heavy atom. The molecule has 0 radical (unpaired) electrons. The first-order valence-corrected chi connectivity index (χ1v) is 5.43. The monoisotopic (exact) mass is 253 g/mol. The fraction of sp³-hybridized carbons (Fsp3) is 0. The Bertz CT molecular complexity index is 676. The molecule has 1 amide bonds. The first-order valence-electron chi connectivity index (χ1n) is 5.43. The number of carbonyl (C=O) groups excluding carboxylic acids is 1. The summed E-state index contributed by atoms with van der Waals surface area (Å²) in [6.45, 7) is 0. The van der Waals surface area contributed by atoms with Gasteiger partial charge in [-0.3, -0.25) is 4.79 Å². The van der Waals surface area contributed by atoms with Crippen LogP contribution in [0.3, 0.4) is 0 Å². The van der Waals surface area contributed by atoms with E-state index in [1.54, 1.807) is 30.3 Å². The number of hydrogen-bond donors (Lipinski definition) is 2. The summed E-state index contributed by atoms with van der Waals surface area (Å²) in [5, 5.41) is 12.8. The Labute approximate surface area is 109 Å². The quantitative estimate of drug-likeness (QED) is 0.789. The van der Waals surface area contributed by atoms with Crippen molar-refractivity contribution in [3.8, 4) is 11.8 Å². The van der Waals surface area contributed by atoms with Crippen LogP contribution in [0, 0.1) is 11.3 Å². The molecule has 0 unspecified atom stereocenters. The molecule has 2 aromatic rings. The number of carbonyl (C=O) groups is 1. The van der Waals surface area contributed by atoms with Crippen LogP contribution in [0.2, 0.25) is 0 Å². The molecule has 0 spiro atoms. The van der Waals surface area contributed by atoms with Gasteiger partial charge in [-0.2, -0.15) is 10.4 Å². The van der Waals surface area contributed by atoms with Crippen LogP contribution >= 0.6 is 0 Å². The van der Waals surface area contributed by atoms with E-state index in [-0.39, 0.29) is 0 Å². The maximum atomic E-state index is 10.6. The van der Waals surface area contributed by atoms with Gasteiger partial charge in [-0.25, -0.2) is 4.68 Å². The Kier molecular flexibility index (Phi) is 3.30. The fourth-order valence-corrected chi connectivity index (χ4v) is 1.55. The van der Waals surface area contributed by atoms with Gasteiger partial charge in [-0.1, -0.05) is 12.1 Å². The molecule has 0 aliphatic heterocycles. The zero-order chi connectivity index (χ0) is 13.8. The lowest BCUT2D eigenvalue weighted by molar-refractivity contribution is -0.113. The van der Waals surface area contributed by atoms with E-state index in [9.17, 15) is 4.79 Å². The Morgan fingerprint density at radius 3 is 2.58 bits per heavy atom. The molecule has 0 bridgehead atoms. The second kappa shape index (κ2) is 5.06. The molecule has 6 nitrogen and oxygen atoms in total. The predicted molar refractivity (Wildman–Crippen MR) is 70.9 cm³/mol. The molecule has 1 aromatic carbocycles. The van der Waals surface area contributed by atoms with Gasteiger partial charge in [0.25, 0.3) is 0 Å². The van der Waals surface area contributed by atoms with E-state index in [0.717, 1.165) is 11.3 Å². The highest BCUT2D eigenvalue weighted by Crippen LogP contribution is 2.17. The van der Waals surface area contributed by atoms with Crippen LogP contribution < -0.4 is 11.5 Å². The maximum Gasteiger partial charge on any atom is 0.241 e. The number of nitrogens with two attached hydrogens (primary N) is 2. The molecule has 0 atom stereocenters. The van der Waals surface area contributed by atoms with E-state index in [1.165, 1.54) is 17.0 Å².